The Hall–Kier alpha value is -1.60. The summed E-state index contributed by atoms with van der Waals surface area (Å²) in [6.45, 7) is 0.935. The van der Waals surface area contributed by atoms with Gasteiger partial charge in [-0.15, -0.1) is 0 Å². The molecular formula is C13H17NO5S. The Labute approximate surface area is 117 Å². The molecule has 0 radical (unpaired) electrons. The number of hydrogen-bond donors (Lipinski definition) is 2. The quantitative estimate of drug-likeness (QED) is 0.785. The van der Waals surface area contributed by atoms with Gasteiger partial charge in [0.1, 0.15) is 11.5 Å². The van der Waals surface area contributed by atoms with Crippen molar-refractivity contribution in [2.45, 2.75) is 6.42 Å². The molecule has 1 aliphatic heterocycles. The predicted molar refractivity (Wildman–Crippen MR) is 73.8 cm³/mol. The minimum Gasteiger partial charge on any atom is -0.508 e. The minimum absolute atomic E-state index is 0.0574. The van der Waals surface area contributed by atoms with E-state index < -0.39 is 9.84 Å². The Morgan fingerprint density at radius 1 is 1.20 bits per heavy atom. The summed E-state index contributed by atoms with van der Waals surface area (Å²) in [6, 6.07) is 3.81. The van der Waals surface area contributed by atoms with E-state index in [1.54, 1.807) is 4.90 Å². The van der Waals surface area contributed by atoms with E-state index in [9.17, 15) is 23.4 Å². The normalized spacial score (nSPS) is 19.4. The number of sulfone groups is 1. The van der Waals surface area contributed by atoms with Crippen LogP contribution in [-0.2, 0) is 9.84 Å². The van der Waals surface area contributed by atoms with Crippen LogP contribution in [0.15, 0.2) is 18.2 Å². The van der Waals surface area contributed by atoms with E-state index in [0.29, 0.717) is 19.5 Å². The van der Waals surface area contributed by atoms with Gasteiger partial charge in [0.05, 0.1) is 23.6 Å². The molecule has 2 N–H and O–H groups in total. The SMILES string of the molecule is O=C(CN1CCCS(=O)(=O)CC1)c1ccc(O)cc1O. The van der Waals surface area contributed by atoms with Crippen molar-refractivity contribution in [3.8, 4) is 11.5 Å². The zero-order valence-corrected chi connectivity index (χ0v) is 11.8. The smallest absolute Gasteiger partial charge is 0.180 e. The molecule has 0 amide bonds. The number of rotatable bonds is 3. The molecule has 0 spiro atoms. The van der Waals surface area contributed by atoms with Gasteiger partial charge in [-0.25, -0.2) is 8.42 Å². The van der Waals surface area contributed by atoms with Gasteiger partial charge < -0.3 is 10.2 Å². The number of hydrogen-bond acceptors (Lipinski definition) is 6. The van der Waals surface area contributed by atoms with Gasteiger partial charge in [-0.2, -0.15) is 0 Å². The van der Waals surface area contributed by atoms with Gasteiger partial charge in [-0.3, -0.25) is 9.69 Å². The molecule has 1 heterocycles. The third-order valence-corrected chi connectivity index (χ3v) is 5.01. The first-order valence-electron chi connectivity index (χ1n) is 6.35. The molecule has 0 aliphatic carbocycles. The van der Waals surface area contributed by atoms with Crippen molar-refractivity contribution in [2.75, 3.05) is 31.1 Å². The maximum absolute atomic E-state index is 12.1. The highest BCUT2D eigenvalue weighted by Gasteiger charge is 2.22. The summed E-state index contributed by atoms with van der Waals surface area (Å²) >= 11 is 0. The Morgan fingerprint density at radius 3 is 2.65 bits per heavy atom. The second kappa shape index (κ2) is 5.80. The molecule has 0 aromatic heterocycles. The molecule has 6 nitrogen and oxygen atoms in total. The first-order valence-corrected chi connectivity index (χ1v) is 8.17. The van der Waals surface area contributed by atoms with Gasteiger partial charge >= 0.3 is 0 Å². The van der Waals surface area contributed by atoms with Crippen LogP contribution in [0.3, 0.4) is 0 Å². The summed E-state index contributed by atoms with van der Waals surface area (Å²) in [4.78, 5) is 13.9. The van der Waals surface area contributed by atoms with Crippen molar-refractivity contribution in [3.05, 3.63) is 23.8 Å². The number of nitrogens with zero attached hydrogens (tertiary/aromatic N) is 1. The lowest BCUT2D eigenvalue weighted by atomic mass is 10.1. The largest absolute Gasteiger partial charge is 0.508 e. The van der Waals surface area contributed by atoms with Crippen molar-refractivity contribution >= 4 is 15.6 Å². The molecule has 1 aliphatic rings. The van der Waals surface area contributed by atoms with Gasteiger partial charge in [0, 0.05) is 12.6 Å². The van der Waals surface area contributed by atoms with Crippen LogP contribution in [0.4, 0.5) is 0 Å². The second-order valence-electron chi connectivity index (χ2n) is 4.91. The number of carbonyl (C=O) groups is 1. The summed E-state index contributed by atoms with van der Waals surface area (Å²) in [5.41, 5.74) is 0.134. The van der Waals surface area contributed by atoms with Crippen molar-refractivity contribution in [1.29, 1.82) is 0 Å². The van der Waals surface area contributed by atoms with Crippen LogP contribution in [0.25, 0.3) is 0 Å². The minimum atomic E-state index is -3.00. The lowest BCUT2D eigenvalue weighted by Gasteiger charge is -2.18. The van der Waals surface area contributed by atoms with E-state index in [0.717, 1.165) is 6.07 Å². The maximum Gasteiger partial charge on any atom is 0.180 e. The van der Waals surface area contributed by atoms with Crippen LogP contribution in [0, 0.1) is 0 Å². The van der Waals surface area contributed by atoms with Crippen LogP contribution in [0.5, 0.6) is 11.5 Å². The molecular weight excluding hydrogens is 282 g/mol. The number of phenols is 2. The molecule has 1 aromatic rings. The van der Waals surface area contributed by atoms with Crippen molar-refractivity contribution in [2.24, 2.45) is 0 Å². The average molecular weight is 299 g/mol. The average Bonchev–Trinajstić information content (AvgIpc) is 2.51. The summed E-state index contributed by atoms with van der Waals surface area (Å²) in [6.07, 6.45) is 0.511. The first-order chi connectivity index (χ1) is 9.37. The number of Topliss-reactive ketones (excluding diaryl/α,β-unsaturated/α-hetero) is 1. The van der Waals surface area contributed by atoms with E-state index in [1.807, 2.05) is 0 Å². The molecule has 1 fully saturated rings. The van der Waals surface area contributed by atoms with E-state index in [1.165, 1.54) is 12.1 Å². The second-order valence-corrected chi connectivity index (χ2v) is 7.21. The highest BCUT2D eigenvalue weighted by atomic mass is 32.2. The van der Waals surface area contributed by atoms with Crippen molar-refractivity contribution in [3.63, 3.8) is 0 Å². The molecule has 0 unspecified atom stereocenters. The van der Waals surface area contributed by atoms with Gasteiger partial charge in [0.2, 0.25) is 0 Å². The van der Waals surface area contributed by atoms with Gasteiger partial charge in [0.15, 0.2) is 15.6 Å². The molecule has 1 aromatic carbocycles. The number of ketones is 1. The Bertz CT molecular complexity index is 611. The number of aromatic hydroxyl groups is 2. The summed E-state index contributed by atoms with van der Waals surface area (Å²) in [5, 5.41) is 18.8. The zero-order valence-electron chi connectivity index (χ0n) is 10.9. The predicted octanol–water partition coefficient (Wildman–Crippen LogP) is 0.401. The van der Waals surface area contributed by atoms with E-state index in [-0.39, 0.29) is 40.9 Å². The van der Waals surface area contributed by atoms with Gasteiger partial charge in [0.25, 0.3) is 0 Å². The fraction of sp³-hybridized carbons (Fsp3) is 0.462. The molecule has 1 saturated heterocycles. The molecule has 2 rings (SSSR count). The molecule has 0 atom stereocenters. The summed E-state index contributed by atoms with van der Waals surface area (Å²) in [7, 11) is -3.00. The molecule has 7 heteroatoms. The maximum atomic E-state index is 12.1. The number of benzene rings is 1. The fourth-order valence-corrected chi connectivity index (χ4v) is 3.50. The molecule has 0 saturated carbocycles. The third kappa shape index (κ3) is 3.71. The molecule has 0 bridgehead atoms. The zero-order chi connectivity index (χ0) is 14.8. The van der Waals surface area contributed by atoms with Gasteiger partial charge in [-0.05, 0) is 25.1 Å². The van der Waals surface area contributed by atoms with Crippen molar-refractivity contribution in [1.82, 2.24) is 4.90 Å². The van der Waals surface area contributed by atoms with Crippen LogP contribution in [-0.4, -0.2) is 60.5 Å². The summed E-state index contributed by atoms with van der Waals surface area (Å²) in [5.74, 6) is -0.455. The standard InChI is InChI=1S/C13H17NO5S/c15-10-2-3-11(12(16)8-10)13(17)9-14-4-1-6-20(18,19)7-5-14/h2-3,8,15-16H,1,4-7,9H2. The highest BCUT2D eigenvalue weighted by Crippen LogP contribution is 2.23. The van der Waals surface area contributed by atoms with Crippen LogP contribution in [0.1, 0.15) is 16.8 Å². The summed E-state index contributed by atoms with van der Waals surface area (Å²) < 4.78 is 23.0. The number of phenolic OH excluding ortho intramolecular Hbond substituents is 2. The van der Waals surface area contributed by atoms with E-state index in [2.05, 4.69) is 0 Å². The Kier molecular flexibility index (Phi) is 4.29. The Balaban J connectivity index is 2.04. The third-order valence-electron chi connectivity index (χ3n) is 3.30. The van der Waals surface area contributed by atoms with Crippen LogP contribution < -0.4 is 0 Å². The van der Waals surface area contributed by atoms with Crippen LogP contribution in [0.2, 0.25) is 0 Å². The lowest BCUT2D eigenvalue weighted by Crippen LogP contribution is -2.32. The lowest BCUT2D eigenvalue weighted by molar-refractivity contribution is 0.0933. The highest BCUT2D eigenvalue weighted by molar-refractivity contribution is 7.91. The van der Waals surface area contributed by atoms with Crippen molar-refractivity contribution < 1.29 is 23.4 Å². The van der Waals surface area contributed by atoms with Crippen LogP contribution >= 0.6 is 0 Å². The fourth-order valence-electron chi connectivity index (χ4n) is 2.19. The molecule has 110 valence electrons. The van der Waals surface area contributed by atoms with Gasteiger partial charge in [-0.1, -0.05) is 0 Å². The molecule has 20 heavy (non-hydrogen) atoms. The Morgan fingerprint density at radius 2 is 1.95 bits per heavy atom. The first kappa shape index (κ1) is 14.8. The number of carbonyl (C=O) groups excluding carboxylic acids is 1. The van der Waals surface area contributed by atoms with E-state index >= 15 is 0 Å². The monoisotopic (exact) mass is 299 g/mol. The van der Waals surface area contributed by atoms with E-state index in [4.69, 9.17) is 0 Å². The topological polar surface area (TPSA) is 94.9 Å².